The van der Waals surface area contributed by atoms with Crippen LogP contribution in [0, 0.1) is 0 Å². The van der Waals surface area contributed by atoms with Gasteiger partial charge >= 0.3 is 5.69 Å². The van der Waals surface area contributed by atoms with E-state index in [-0.39, 0.29) is 22.6 Å². The van der Waals surface area contributed by atoms with Gasteiger partial charge in [0.15, 0.2) is 5.65 Å². The number of ketones is 1. The fourth-order valence-electron chi connectivity index (χ4n) is 3.33. The highest BCUT2D eigenvalue weighted by atomic mass is 32.2. The molecule has 2 heterocycles. The summed E-state index contributed by atoms with van der Waals surface area (Å²) in [5.74, 6) is 0.846. The van der Waals surface area contributed by atoms with E-state index in [1.54, 1.807) is 4.57 Å². The van der Waals surface area contributed by atoms with Crippen molar-refractivity contribution < 1.29 is 4.79 Å². The van der Waals surface area contributed by atoms with E-state index in [0.717, 1.165) is 30.3 Å². The zero-order chi connectivity index (χ0) is 19.7. The van der Waals surface area contributed by atoms with Crippen molar-refractivity contribution in [3.05, 3.63) is 26.7 Å². The monoisotopic (exact) mass is 390 g/mol. The molecule has 27 heavy (non-hydrogen) atoms. The third-order valence-corrected chi connectivity index (χ3v) is 6.18. The van der Waals surface area contributed by atoms with E-state index in [2.05, 4.69) is 9.97 Å². The van der Waals surface area contributed by atoms with Crippen molar-refractivity contribution in [2.24, 2.45) is 7.05 Å². The number of thioether (sulfide) groups is 1. The van der Waals surface area contributed by atoms with Crippen LogP contribution in [0.2, 0.25) is 0 Å². The molecule has 2 aromatic heterocycles. The summed E-state index contributed by atoms with van der Waals surface area (Å²) in [7, 11) is 1.48. The van der Waals surface area contributed by atoms with Gasteiger partial charge in [0.25, 0.3) is 5.56 Å². The fourth-order valence-corrected chi connectivity index (χ4v) is 4.58. The van der Waals surface area contributed by atoms with Crippen LogP contribution in [0.4, 0.5) is 0 Å². The number of hydrogen-bond acceptors (Lipinski definition) is 6. The molecule has 0 N–H and O–H groups in total. The van der Waals surface area contributed by atoms with Crippen molar-refractivity contribution >= 4 is 28.6 Å². The second kappa shape index (κ2) is 7.96. The summed E-state index contributed by atoms with van der Waals surface area (Å²) in [6.07, 6.45) is 4.05. The highest BCUT2D eigenvalue weighted by molar-refractivity contribution is 8.00. The molecule has 0 radical (unpaired) electrons. The molecule has 1 unspecified atom stereocenters. The van der Waals surface area contributed by atoms with Crippen LogP contribution in [0.15, 0.2) is 14.6 Å². The lowest BCUT2D eigenvalue weighted by Gasteiger charge is -2.21. The Labute approximate surface area is 162 Å². The number of fused-ring (bicyclic) bond motifs is 1. The smallest absolute Gasteiger partial charge is 0.298 e. The normalized spacial score (nSPS) is 17.8. The first-order valence-electron chi connectivity index (χ1n) is 9.56. The summed E-state index contributed by atoms with van der Waals surface area (Å²) in [6.45, 7) is 6.41. The Morgan fingerprint density at radius 1 is 1.19 bits per heavy atom. The Morgan fingerprint density at radius 3 is 2.56 bits per heavy atom. The molecule has 0 amide bonds. The van der Waals surface area contributed by atoms with Crippen molar-refractivity contribution in [3.63, 3.8) is 0 Å². The molecule has 7 nitrogen and oxygen atoms in total. The number of aromatic nitrogens is 4. The quantitative estimate of drug-likeness (QED) is 0.730. The van der Waals surface area contributed by atoms with Crippen LogP contribution < -0.4 is 11.2 Å². The van der Waals surface area contributed by atoms with Gasteiger partial charge in [0, 0.05) is 25.9 Å². The minimum atomic E-state index is -0.400. The Kier molecular flexibility index (Phi) is 5.83. The molecule has 3 rings (SSSR count). The predicted molar refractivity (Wildman–Crippen MR) is 107 cm³/mol. The lowest BCUT2D eigenvalue weighted by molar-refractivity contribution is -0.119. The Morgan fingerprint density at radius 2 is 1.93 bits per heavy atom. The van der Waals surface area contributed by atoms with Crippen molar-refractivity contribution in [2.75, 3.05) is 0 Å². The first-order chi connectivity index (χ1) is 12.8. The Balaban J connectivity index is 2.29. The zero-order valence-electron chi connectivity index (χ0n) is 16.3. The molecule has 0 saturated heterocycles. The highest BCUT2D eigenvalue weighted by Crippen LogP contribution is 2.33. The Bertz CT molecular complexity index is 993. The topological polar surface area (TPSA) is 86.9 Å². The second-order valence-corrected chi connectivity index (χ2v) is 8.55. The molecular formula is C19H26N4O3S. The van der Waals surface area contributed by atoms with E-state index in [9.17, 15) is 14.4 Å². The number of carbonyl (C=O) groups is 1. The van der Waals surface area contributed by atoms with Crippen LogP contribution in [-0.2, 0) is 18.4 Å². The lowest BCUT2D eigenvalue weighted by atomic mass is 9.99. The van der Waals surface area contributed by atoms with Gasteiger partial charge in [0.2, 0.25) is 0 Å². The van der Waals surface area contributed by atoms with Gasteiger partial charge in [-0.15, -0.1) is 0 Å². The van der Waals surface area contributed by atoms with Gasteiger partial charge in [0.05, 0.1) is 5.25 Å². The molecule has 0 bridgehead atoms. The van der Waals surface area contributed by atoms with Crippen molar-refractivity contribution in [2.45, 2.75) is 75.6 Å². The molecule has 0 aliphatic heterocycles. The van der Waals surface area contributed by atoms with Gasteiger partial charge in [-0.05, 0) is 19.3 Å². The molecule has 1 aliphatic carbocycles. The van der Waals surface area contributed by atoms with Crippen LogP contribution in [0.3, 0.4) is 0 Å². The summed E-state index contributed by atoms with van der Waals surface area (Å²) in [5.41, 5.74) is -0.384. The summed E-state index contributed by atoms with van der Waals surface area (Å²) in [6, 6.07) is 0. The summed E-state index contributed by atoms with van der Waals surface area (Å²) < 4.78 is 2.67. The Hall–Kier alpha value is -1.96. The van der Waals surface area contributed by atoms with Gasteiger partial charge in [-0.3, -0.25) is 18.7 Å². The summed E-state index contributed by atoms with van der Waals surface area (Å²) >= 11 is 1.36. The first-order valence-corrected chi connectivity index (χ1v) is 10.4. The molecular weight excluding hydrogens is 364 g/mol. The van der Waals surface area contributed by atoms with E-state index in [0.29, 0.717) is 34.8 Å². The maximum atomic E-state index is 12.9. The highest BCUT2D eigenvalue weighted by Gasteiger charge is 2.27. The van der Waals surface area contributed by atoms with E-state index in [1.165, 1.54) is 18.8 Å². The van der Waals surface area contributed by atoms with E-state index in [1.807, 2.05) is 20.8 Å². The zero-order valence-corrected chi connectivity index (χ0v) is 17.1. The molecule has 1 saturated carbocycles. The molecule has 146 valence electrons. The van der Waals surface area contributed by atoms with Crippen LogP contribution in [0.5, 0.6) is 0 Å². The molecule has 2 aromatic rings. The largest absolute Gasteiger partial charge is 0.332 e. The number of carbonyl (C=O) groups excluding carboxylic acids is 1. The minimum absolute atomic E-state index is 0.0463. The summed E-state index contributed by atoms with van der Waals surface area (Å²) in [4.78, 5) is 47.1. The fraction of sp³-hybridized carbons (Fsp3) is 0.632. The van der Waals surface area contributed by atoms with Gasteiger partial charge in [-0.1, -0.05) is 39.0 Å². The molecule has 0 aromatic carbocycles. The first kappa shape index (κ1) is 19.8. The number of rotatable bonds is 5. The number of nitrogens with zero attached hydrogens (tertiary/aromatic N) is 4. The van der Waals surface area contributed by atoms with E-state index >= 15 is 0 Å². The lowest BCUT2D eigenvalue weighted by Crippen LogP contribution is -2.39. The molecule has 0 spiro atoms. The SMILES string of the molecule is CCCn1c(=O)n(C)c(=O)c2c(SC3CCCCC3=O)nc(C(C)C)nc21. The third kappa shape index (κ3) is 3.72. The summed E-state index contributed by atoms with van der Waals surface area (Å²) in [5, 5.41) is 0.681. The van der Waals surface area contributed by atoms with E-state index < -0.39 is 5.56 Å². The van der Waals surface area contributed by atoms with Crippen LogP contribution in [-0.4, -0.2) is 30.1 Å². The third-order valence-electron chi connectivity index (χ3n) is 4.88. The van der Waals surface area contributed by atoms with Crippen molar-refractivity contribution in [1.82, 2.24) is 19.1 Å². The number of hydrogen-bond donors (Lipinski definition) is 0. The maximum Gasteiger partial charge on any atom is 0.332 e. The molecule has 1 atom stereocenters. The number of aryl methyl sites for hydroxylation is 1. The predicted octanol–water partition coefficient (Wildman–Crippen LogP) is 2.63. The average Bonchev–Trinajstić information content (AvgIpc) is 2.64. The maximum absolute atomic E-state index is 12.9. The van der Waals surface area contributed by atoms with Gasteiger partial charge in [-0.25, -0.2) is 14.8 Å². The minimum Gasteiger partial charge on any atom is -0.298 e. The standard InChI is InChI=1S/C19H26N4O3S/c1-5-10-23-16-14(18(25)22(4)19(23)26)17(21-15(20-16)11(2)3)27-13-9-7-6-8-12(13)24/h11,13H,5-10H2,1-4H3. The van der Waals surface area contributed by atoms with Gasteiger partial charge in [0.1, 0.15) is 22.0 Å². The van der Waals surface area contributed by atoms with Crippen molar-refractivity contribution in [1.29, 1.82) is 0 Å². The molecule has 1 fully saturated rings. The van der Waals surface area contributed by atoms with Gasteiger partial charge < -0.3 is 0 Å². The molecule has 1 aliphatic rings. The van der Waals surface area contributed by atoms with Crippen LogP contribution in [0.25, 0.3) is 11.0 Å². The molecule has 8 heteroatoms. The number of Topliss-reactive ketones (excluding diaryl/α,β-unsaturated/α-hetero) is 1. The van der Waals surface area contributed by atoms with Crippen molar-refractivity contribution in [3.8, 4) is 0 Å². The average molecular weight is 391 g/mol. The van der Waals surface area contributed by atoms with E-state index in [4.69, 9.17) is 0 Å². The second-order valence-electron chi connectivity index (χ2n) is 7.36. The van der Waals surface area contributed by atoms with Gasteiger partial charge in [-0.2, -0.15) is 0 Å². The van der Waals surface area contributed by atoms with Crippen LogP contribution in [0.1, 0.15) is 64.6 Å². The van der Waals surface area contributed by atoms with Crippen LogP contribution >= 0.6 is 11.8 Å².